The highest BCUT2D eigenvalue weighted by atomic mass is 35.5. The van der Waals surface area contributed by atoms with E-state index in [9.17, 15) is 0 Å². The molecule has 0 amide bonds. The Labute approximate surface area is 86.8 Å². The van der Waals surface area contributed by atoms with E-state index in [4.69, 9.17) is 4.74 Å². The van der Waals surface area contributed by atoms with Crippen molar-refractivity contribution in [3.8, 4) is 0 Å². The number of hydrogen-bond acceptors (Lipinski definition) is 2. The Morgan fingerprint density at radius 2 is 1.38 bits per heavy atom. The molecule has 0 spiro atoms. The number of hydrogen-bond donors (Lipinski definition) is 1. The molecule has 0 aromatic rings. The van der Waals surface area contributed by atoms with Gasteiger partial charge in [0.05, 0.1) is 0 Å². The zero-order chi connectivity index (χ0) is 8.23. The van der Waals surface area contributed by atoms with Crippen molar-refractivity contribution in [1.82, 2.24) is 5.32 Å². The second-order valence-electron chi connectivity index (χ2n) is 4.03. The van der Waals surface area contributed by atoms with Crippen LogP contribution in [0.3, 0.4) is 0 Å². The van der Waals surface area contributed by atoms with Crippen LogP contribution >= 0.6 is 12.4 Å². The average molecular weight is 206 g/mol. The number of ether oxygens (including phenoxy) is 1. The largest absolute Gasteiger partial charge is 0.381 e. The van der Waals surface area contributed by atoms with Crippen molar-refractivity contribution < 1.29 is 4.74 Å². The lowest BCUT2D eigenvalue weighted by molar-refractivity contribution is 0.0751. The highest BCUT2D eigenvalue weighted by Crippen LogP contribution is 2.19. The minimum Gasteiger partial charge on any atom is -0.381 e. The molecule has 0 bridgehead atoms. The molecule has 2 nitrogen and oxygen atoms in total. The van der Waals surface area contributed by atoms with Gasteiger partial charge in [-0.2, -0.15) is 0 Å². The molecule has 2 rings (SSSR count). The molecule has 1 aliphatic heterocycles. The van der Waals surface area contributed by atoms with E-state index in [1.807, 2.05) is 0 Å². The van der Waals surface area contributed by atoms with Gasteiger partial charge >= 0.3 is 0 Å². The third-order valence-corrected chi connectivity index (χ3v) is 3.05. The minimum absolute atomic E-state index is 0. The maximum atomic E-state index is 5.32. The molecule has 0 radical (unpaired) electrons. The normalized spacial score (nSPS) is 25.8. The van der Waals surface area contributed by atoms with Crippen LogP contribution in [0.2, 0.25) is 0 Å². The Morgan fingerprint density at radius 3 is 2.00 bits per heavy atom. The molecule has 13 heavy (non-hydrogen) atoms. The maximum absolute atomic E-state index is 5.32. The first-order chi connectivity index (χ1) is 5.95. The van der Waals surface area contributed by atoms with Gasteiger partial charge in [0, 0.05) is 25.3 Å². The Morgan fingerprint density at radius 1 is 0.846 bits per heavy atom. The molecule has 1 saturated carbocycles. The lowest BCUT2D eigenvalue weighted by Gasteiger charge is -2.26. The molecule has 2 aliphatic rings. The van der Waals surface area contributed by atoms with E-state index in [0.717, 1.165) is 25.3 Å². The first-order valence-electron chi connectivity index (χ1n) is 5.29. The molecular weight excluding hydrogens is 186 g/mol. The third kappa shape index (κ3) is 3.45. The second-order valence-corrected chi connectivity index (χ2v) is 4.03. The lowest BCUT2D eigenvalue weighted by Crippen LogP contribution is -2.40. The fraction of sp³-hybridized carbons (Fsp3) is 1.00. The quantitative estimate of drug-likeness (QED) is 0.746. The minimum atomic E-state index is 0. The van der Waals surface area contributed by atoms with E-state index in [-0.39, 0.29) is 12.4 Å². The molecule has 78 valence electrons. The van der Waals surface area contributed by atoms with E-state index in [1.165, 1.54) is 38.5 Å². The molecule has 3 heteroatoms. The fourth-order valence-electron chi connectivity index (χ4n) is 2.29. The summed E-state index contributed by atoms with van der Waals surface area (Å²) in [6, 6.07) is 1.58. The molecule has 0 atom stereocenters. The average Bonchev–Trinajstić information content (AvgIpc) is 2.59. The van der Waals surface area contributed by atoms with Crippen molar-refractivity contribution in [2.45, 2.75) is 50.6 Å². The summed E-state index contributed by atoms with van der Waals surface area (Å²) < 4.78 is 5.32. The van der Waals surface area contributed by atoms with Gasteiger partial charge in [-0.1, -0.05) is 12.8 Å². The van der Waals surface area contributed by atoms with Gasteiger partial charge in [0.1, 0.15) is 0 Å². The molecular formula is C10H20ClNO. The summed E-state index contributed by atoms with van der Waals surface area (Å²) in [5.74, 6) is 0. The highest BCUT2D eigenvalue weighted by molar-refractivity contribution is 5.85. The fourth-order valence-corrected chi connectivity index (χ4v) is 2.29. The molecule has 0 aromatic heterocycles. The van der Waals surface area contributed by atoms with Crippen LogP contribution in [0.1, 0.15) is 38.5 Å². The summed E-state index contributed by atoms with van der Waals surface area (Å²) in [5, 5.41) is 3.74. The Hall–Kier alpha value is 0.210. The van der Waals surface area contributed by atoms with Gasteiger partial charge in [-0.25, -0.2) is 0 Å². The first-order valence-corrected chi connectivity index (χ1v) is 5.29. The summed E-state index contributed by atoms with van der Waals surface area (Å²) in [6.45, 7) is 1.93. The number of halogens is 1. The predicted octanol–water partition coefficient (Wildman–Crippen LogP) is 2.12. The zero-order valence-corrected chi connectivity index (χ0v) is 8.94. The van der Waals surface area contributed by atoms with Crippen LogP contribution in [-0.4, -0.2) is 25.3 Å². The molecule has 0 unspecified atom stereocenters. The summed E-state index contributed by atoms with van der Waals surface area (Å²) >= 11 is 0. The monoisotopic (exact) mass is 205 g/mol. The van der Waals surface area contributed by atoms with Crippen LogP contribution in [0.4, 0.5) is 0 Å². The van der Waals surface area contributed by atoms with Crippen LogP contribution < -0.4 is 5.32 Å². The topological polar surface area (TPSA) is 21.3 Å². The van der Waals surface area contributed by atoms with Gasteiger partial charge in [0.15, 0.2) is 0 Å². The standard InChI is InChI=1S/C10H19NO.ClH/c1-2-4-9(3-1)11-10-5-7-12-8-6-10;/h9-11H,1-8H2;1H. The predicted molar refractivity (Wildman–Crippen MR) is 56.5 cm³/mol. The van der Waals surface area contributed by atoms with Crippen molar-refractivity contribution in [3.63, 3.8) is 0 Å². The van der Waals surface area contributed by atoms with Gasteiger partial charge in [0.25, 0.3) is 0 Å². The van der Waals surface area contributed by atoms with Crippen LogP contribution in [0.15, 0.2) is 0 Å². The maximum Gasteiger partial charge on any atom is 0.0480 e. The lowest BCUT2D eigenvalue weighted by atomic mass is 10.1. The van der Waals surface area contributed by atoms with Crippen molar-refractivity contribution in [1.29, 1.82) is 0 Å². The molecule has 1 heterocycles. The van der Waals surface area contributed by atoms with E-state index in [0.29, 0.717) is 0 Å². The van der Waals surface area contributed by atoms with E-state index < -0.39 is 0 Å². The van der Waals surface area contributed by atoms with Crippen LogP contribution in [0, 0.1) is 0 Å². The Balaban J connectivity index is 0.000000845. The van der Waals surface area contributed by atoms with Gasteiger partial charge in [0.2, 0.25) is 0 Å². The van der Waals surface area contributed by atoms with Crippen molar-refractivity contribution in [3.05, 3.63) is 0 Å². The van der Waals surface area contributed by atoms with Gasteiger partial charge in [-0.05, 0) is 25.7 Å². The van der Waals surface area contributed by atoms with Crippen molar-refractivity contribution >= 4 is 12.4 Å². The third-order valence-electron chi connectivity index (χ3n) is 3.05. The van der Waals surface area contributed by atoms with Crippen LogP contribution in [0.25, 0.3) is 0 Å². The second kappa shape index (κ2) is 5.84. The van der Waals surface area contributed by atoms with Crippen LogP contribution in [0.5, 0.6) is 0 Å². The van der Waals surface area contributed by atoms with Crippen LogP contribution in [-0.2, 0) is 4.74 Å². The van der Waals surface area contributed by atoms with Gasteiger partial charge < -0.3 is 10.1 Å². The Bertz CT molecular complexity index is 131. The number of nitrogens with one attached hydrogen (secondary N) is 1. The van der Waals surface area contributed by atoms with E-state index in [1.54, 1.807) is 0 Å². The summed E-state index contributed by atoms with van der Waals surface area (Å²) in [7, 11) is 0. The molecule has 1 N–H and O–H groups in total. The van der Waals surface area contributed by atoms with Crippen molar-refractivity contribution in [2.24, 2.45) is 0 Å². The van der Waals surface area contributed by atoms with Gasteiger partial charge in [-0.3, -0.25) is 0 Å². The molecule has 0 aromatic carbocycles. The smallest absolute Gasteiger partial charge is 0.0480 e. The van der Waals surface area contributed by atoms with E-state index in [2.05, 4.69) is 5.32 Å². The SMILES string of the molecule is C1CCC(NC2CCOCC2)C1.Cl. The molecule has 1 aliphatic carbocycles. The molecule has 2 fully saturated rings. The summed E-state index contributed by atoms with van der Waals surface area (Å²) in [6.07, 6.45) is 8.10. The zero-order valence-electron chi connectivity index (χ0n) is 8.13. The van der Waals surface area contributed by atoms with Crippen molar-refractivity contribution in [2.75, 3.05) is 13.2 Å². The Kier molecular flexibility index (Phi) is 5.07. The summed E-state index contributed by atoms with van der Waals surface area (Å²) in [5.41, 5.74) is 0. The first kappa shape index (κ1) is 11.3. The van der Waals surface area contributed by atoms with Gasteiger partial charge in [-0.15, -0.1) is 12.4 Å². The number of rotatable bonds is 2. The highest BCUT2D eigenvalue weighted by Gasteiger charge is 2.20. The van der Waals surface area contributed by atoms with E-state index >= 15 is 0 Å². The summed E-state index contributed by atoms with van der Waals surface area (Å²) in [4.78, 5) is 0. The molecule has 1 saturated heterocycles.